The molecule has 0 bridgehead atoms. The van der Waals surface area contributed by atoms with Gasteiger partial charge in [-0.05, 0) is 56.7 Å². The van der Waals surface area contributed by atoms with Crippen molar-refractivity contribution < 1.29 is 13.2 Å². The zero-order valence-corrected chi connectivity index (χ0v) is 16.3. The Balaban J connectivity index is 1.84. The van der Waals surface area contributed by atoms with Crippen molar-refractivity contribution in [2.24, 2.45) is 0 Å². The largest absolute Gasteiger partial charge is 0.322 e. The SMILES string of the molecule is Cc1cc(C)n(-c2ccc(C(=O)Nc3cccc(S(C)(=O)=O)c3C)cn2)n1. The molecule has 0 atom stereocenters. The average Bonchev–Trinajstić information content (AvgIpc) is 2.94. The first-order valence-corrected chi connectivity index (χ1v) is 10.2. The van der Waals surface area contributed by atoms with E-state index in [-0.39, 0.29) is 10.8 Å². The molecule has 7 nitrogen and oxygen atoms in total. The molecule has 2 aromatic heterocycles. The lowest BCUT2D eigenvalue weighted by Gasteiger charge is -2.11. The molecule has 0 aliphatic carbocycles. The molecule has 3 rings (SSSR count). The number of sulfone groups is 1. The lowest BCUT2D eigenvalue weighted by atomic mass is 10.2. The normalized spacial score (nSPS) is 11.4. The summed E-state index contributed by atoms with van der Waals surface area (Å²) in [7, 11) is -3.37. The fourth-order valence-corrected chi connectivity index (χ4v) is 3.84. The van der Waals surface area contributed by atoms with Gasteiger partial charge >= 0.3 is 0 Å². The van der Waals surface area contributed by atoms with Crippen molar-refractivity contribution >= 4 is 21.4 Å². The highest BCUT2D eigenvalue weighted by Gasteiger charge is 2.15. The van der Waals surface area contributed by atoms with E-state index >= 15 is 0 Å². The van der Waals surface area contributed by atoms with E-state index in [0.29, 0.717) is 22.6 Å². The van der Waals surface area contributed by atoms with E-state index in [9.17, 15) is 13.2 Å². The number of aromatic nitrogens is 3. The lowest BCUT2D eigenvalue weighted by Crippen LogP contribution is -2.14. The number of carbonyl (C=O) groups is 1. The molecule has 0 saturated heterocycles. The Hall–Kier alpha value is -3.00. The van der Waals surface area contributed by atoms with E-state index in [1.54, 1.807) is 35.9 Å². The Labute approximate surface area is 158 Å². The third-order valence-electron chi connectivity index (χ3n) is 4.17. The minimum atomic E-state index is -3.37. The number of rotatable bonds is 4. The van der Waals surface area contributed by atoms with E-state index in [0.717, 1.165) is 17.6 Å². The maximum atomic E-state index is 12.5. The van der Waals surface area contributed by atoms with E-state index in [1.807, 2.05) is 19.9 Å². The van der Waals surface area contributed by atoms with Crippen LogP contribution in [0.4, 0.5) is 5.69 Å². The topological polar surface area (TPSA) is 94.0 Å². The van der Waals surface area contributed by atoms with Crippen LogP contribution in [0, 0.1) is 20.8 Å². The van der Waals surface area contributed by atoms with Crippen LogP contribution in [0.3, 0.4) is 0 Å². The number of aryl methyl sites for hydroxylation is 2. The number of carbonyl (C=O) groups excluding carboxylic acids is 1. The molecule has 27 heavy (non-hydrogen) atoms. The van der Waals surface area contributed by atoms with Crippen LogP contribution in [0.15, 0.2) is 47.5 Å². The lowest BCUT2D eigenvalue weighted by molar-refractivity contribution is 0.102. The maximum absolute atomic E-state index is 12.5. The number of nitrogens with zero attached hydrogens (tertiary/aromatic N) is 3. The first kappa shape index (κ1) is 18.8. The predicted octanol–water partition coefficient (Wildman–Crippen LogP) is 2.85. The summed E-state index contributed by atoms with van der Waals surface area (Å²) in [5, 5.41) is 7.11. The second kappa shape index (κ2) is 6.96. The molecule has 1 N–H and O–H groups in total. The Morgan fingerprint density at radius 3 is 2.41 bits per heavy atom. The zero-order valence-electron chi connectivity index (χ0n) is 15.5. The number of nitrogens with one attached hydrogen (secondary N) is 1. The highest BCUT2D eigenvalue weighted by molar-refractivity contribution is 7.90. The Morgan fingerprint density at radius 1 is 1.11 bits per heavy atom. The molecular weight excluding hydrogens is 364 g/mol. The van der Waals surface area contributed by atoms with Crippen LogP contribution in [0.1, 0.15) is 27.3 Å². The van der Waals surface area contributed by atoms with Gasteiger partial charge in [0.1, 0.15) is 0 Å². The van der Waals surface area contributed by atoms with Gasteiger partial charge < -0.3 is 5.32 Å². The van der Waals surface area contributed by atoms with Crippen molar-refractivity contribution in [1.29, 1.82) is 0 Å². The van der Waals surface area contributed by atoms with Crippen molar-refractivity contribution in [3.8, 4) is 5.82 Å². The summed E-state index contributed by atoms with van der Waals surface area (Å²) >= 11 is 0. The molecule has 0 saturated carbocycles. The molecule has 0 fully saturated rings. The molecular formula is C19H20N4O3S. The third kappa shape index (κ3) is 3.90. The van der Waals surface area contributed by atoms with Crippen molar-refractivity contribution in [1.82, 2.24) is 14.8 Å². The molecule has 1 amide bonds. The molecule has 0 aliphatic rings. The summed E-state index contributed by atoms with van der Waals surface area (Å²) in [6, 6.07) is 10.1. The van der Waals surface area contributed by atoms with E-state index in [1.165, 1.54) is 12.3 Å². The molecule has 2 heterocycles. The van der Waals surface area contributed by atoms with Crippen molar-refractivity contribution in [3.05, 3.63) is 65.1 Å². The highest BCUT2D eigenvalue weighted by Crippen LogP contribution is 2.23. The minimum absolute atomic E-state index is 0.193. The molecule has 0 unspecified atom stereocenters. The fourth-order valence-electron chi connectivity index (χ4n) is 2.85. The van der Waals surface area contributed by atoms with Gasteiger partial charge in [0, 0.05) is 23.8 Å². The summed E-state index contributed by atoms with van der Waals surface area (Å²) in [6.07, 6.45) is 2.61. The number of anilines is 1. The minimum Gasteiger partial charge on any atom is -0.322 e. The molecule has 0 aliphatic heterocycles. The zero-order chi connectivity index (χ0) is 19.8. The average molecular weight is 384 g/mol. The third-order valence-corrected chi connectivity index (χ3v) is 5.41. The summed E-state index contributed by atoms with van der Waals surface area (Å²) < 4.78 is 25.4. The van der Waals surface area contributed by atoms with Crippen LogP contribution in [-0.4, -0.2) is 35.3 Å². The summed E-state index contributed by atoms with van der Waals surface area (Å²) in [4.78, 5) is 17.0. The van der Waals surface area contributed by atoms with E-state index in [2.05, 4.69) is 15.4 Å². The molecule has 8 heteroatoms. The van der Waals surface area contributed by atoms with Gasteiger partial charge in [-0.25, -0.2) is 18.1 Å². The number of hydrogen-bond donors (Lipinski definition) is 1. The number of hydrogen-bond acceptors (Lipinski definition) is 5. The monoisotopic (exact) mass is 384 g/mol. The van der Waals surface area contributed by atoms with Crippen LogP contribution in [0.25, 0.3) is 5.82 Å². The van der Waals surface area contributed by atoms with Gasteiger partial charge in [0.15, 0.2) is 15.7 Å². The molecule has 3 aromatic rings. The highest BCUT2D eigenvalue weighted by atomic mass is 32.2. The second-order valence-corrected chi connectivity index (χ2v) is 8.38. The quantitative estimate of drug-likeness (QED) is 0.746. The van der Waals surface area contributed by atoms with E-state index < -0.39 is 9.84 Å². The van der Waals surface area contributed by atoms with Gasteiger partial charge in [-0.3, -0.25) is 4.79 Å². The van der Waals surface area contributed by atoms with Gasteiger partial charge in [0.25, 0.3) is 5.91 Å². The standard InChI is InChI=1S/C19H20N4O3S/c1-12-10-13(2)23(22-12)18-9-8-15(11-20-18)19(24)21-16-6-5-7-17(14(16)3)27(4,25)26/h5-11H,1-4H3,(H,21,24). The fraction of sp³-hybridized carbons (Fsp3) is 0.211. The van der Waals surface area contributed by atoms with Crippen molar-refractivity contribution in [2.45, 2.75) is 25.7 Å². The molecule has 0 radical (unpaired) electrons. The van der Waals surface area contributed by atoms with Crippen LogP contribution in [0.2, 0.25) is 0 Å². The second-order valence-electron chi connectivity index (χ2n) is 6.40. The van der Waals surface area contributed by atoms with Crippen LogP contribution >= 0.6 is 0 Å². The van der Waals surface area contributed by atoms with Crippen LogP contribution < -0.4 is 5.32 Å². The van der Waals surface area contributed by atoms with Crippen LogP contribution in [0.5, 0.6) is 0 Å². The van der Waals surface area contributed by atoms with Gasteiger partial charge in [0.05, 0.1) is 16.2 Å². The molecule has 0 spiro atoms. The van der Waals surface area contributed by atoms with Crippen molar-refractivity contribution in [3.63, 3.8) is 0 Å². The summed E-state index contributed by atoms with van der Waals surface area (Å²) in [5.74, 6) is 0.253. The number of amides is 1. The first-order chi connectivity index (χ1) is 12.7. The number of benzene rings is 1. The van der Waals surface area contributed by atoms with Gasteiger partial charge in [-0.1, -0.05) is 6.07 Å². The Kier molecular flexibility index (Phi) is 4.84. The Bertz CT molecular complexity index is 1120. The summed E-state index contributed by atoms with van der Waals surface area (Å²) in [5.41, 5.74) is 3.15. The molecule has 140 valence electrons. The van der Waals surface area contributed by atoms with Crippen molar-refractivity contribution in [2.75, 3.05) is 11.6 Å². The molecule has 1 aromatic carbocycles. The summed E-state index contributed by atoms with van der Waals surface area (Å²) in [6.45, 7) is 5.49. The van der Waals surface area contributed by atoms with E-state index in [4.69, 9.17) is 0 Å². The smallest absolute Gasteiger partial charge is 0.257 e. The predicted molar refractivity (Wildman–Crippen MR) is 103 cm³/mol. The van der Waals surface area contributed by atoms with Gasteiger partial charge in [0.2, 0.25) is 0 Å². The Morgan fingerprint density at radius 2 is 1.85 bits per heavy atom. The number of pyridine rings is 1. The van der Waals surface area contributed by atoms with Crippen LogP contribution in [-0.2, 0) is 9.84 Å². The van der Waals surface area contributed by atoms with Gasteiger partial charge in [-0.2, -0.15) is 5.10 Å². The van der Waals surface area contributed by atoms with Gasteiger partial charge in [-0.15, -0.1) is 0 Å². The first-order valence-electron chi connectivity index (χ1n) is 8.27. The maximum Gasteiger partial charge on any atom is 0.257 e.